The molecule has 0 saturated carbocycles. The maximum atomic E-state index is 10.8. The molecule has 0 bridgehead atoms. The van der Waals surface area contributed by atoms with Crippen LogP contribution in [0.4, 0.5) is 0 Å². The van der Waals surface area contributed by atoms with Gasteiger partial charge in [-0.15, -0.1) is 0 Å². The minimum absolute atomic E-state index is 0.0365. The molecule has 6 N–H and O–H groups in total. The smallest absolute Gasteiger partial charge is 0.480 e. The van der Waals surface area contributed by atoms with Gasteiger partial charge in [-0.05, 0) is 17.4 Å². The fraction of sp³-hybridized carbons (Fsp3) is 0.222. The lowest BCUT2D eigenvalue weighted by Gasteiger charge is -2.14. The Hall–Kier alpha value is -1.38. The molecule has 0 radical (unpaired) electrons. The van der Waals surface area contributed by atoms with Crippen LogP contribution in [0.5, 0.6) is 0 Å². The Morgan fingerprint density at radius 3 is 2.11 bits per heavy atom. The normalized spacial score (nSPS) is 12.0. The molecule has 1 unspecified atom stereocenters. The van der Waals surface area contributed by atoms with Gasteiger partial charge in [0.15, 0.2) is 0 Å². The SMILES string of the molecule is O=C(O)C(Cc1ccc(B(O)O)cc1)NB(O)O. The number of hydrogen-bond acceptors (Lipinski definition) is 6. The monoisotopic (exact) mass is 253 g/mol. The Balaban J connectivity index is 2.72. The third-order valence-corrected chi connectivity index (χ3v) is 2.37. The largest absolute Gasteiger partial charge is 0.549 e. The van der Waals surface area contributed by atoms with Gasteiger partial charge in [-0.2, -0.15) is 0 Å². The lowest BCUT2D eigenvalue weighted by Crippen LogP contribution is -2.47. The predicted molar refractivity (Wildman–Crippen MR) is 64.7 cm³/mol. The molecule has 0 aliphatic carbocycles. The van der Waals surface area contributed by atoms with Gasteiger partial charge < -0.3 is 25.2 Å². The van der Waals surface area contributed by atoms with Gasteiger partial charge in [-0.25, -0.2) is 0 Å². The molecule has 0 aliphatic heterocycles. The lowest BCUT2D eigenvalue weighted by atomic mass is 9.80. The van der Waals surface area contributed by atoms with Crippen molar-refractivity contribution in [3.8, 4) is 0 Å². The highest BCUT2D eigenvalue weighted by Gasteiger charge is 2.23. The van der Waals surface area contributed by atoms with Crippen molar-refractivity contribution in [3.05, 3.63) is 29.8 Å². The summed E-state index contributed by atoms with van der Waals surface area (Å²) in [6.07, 6.45) is 0.0365. The van der Waals surface area contributed by atoms with E-state index < -0.39 is 26.4 Å². The molecule has 0 aromatic heterocycles. The van der Waals surface area contributed by atoms with Gasteiger partial charge in [0, 0.05) is 0 Å². The summed E-state index contributed by atoms with van der Waals surface area (Å²) in [5, 5.41) is 46.1. The van der Waals surface area contributed by atoms with Crippen molar-refractivity contribution in [2.45, 2.75) is 12.5 Å². The van der Waals surface area contributed by atoms with E-state index in [0.29, 0.717) is 11.0 Å². The van der Waals surface area contributed by atoms with Crippen molar-refractivity contribution >= 4 is 25.8 Å². The topological polar surface area (TPSA) is 130 Å². The van der Waals surface area contributed by atoms with Crippen LogP contribution in [0.3, 0.4) is 0 Å². The van der Waals surface area contributed by atoms with Gasteiger partial charge in [0.1, 0.15) is 6.04 Å². The molecule has 1 atom stereocenters. The van der Waals surface area contributed by atoms with E-state index >= 15 is 0 Å². The molecule has 1 rings (SSSR count). The van der Waals surface area contributed by atoms with E-state index in [-0.39, 0.29) is 6.42 Å². The number of carboxylic acids is 1. The first-order chi connectivity index (χ1) is 8.40. The number of rotatable bonds is 6. The Morgan fingerprint density at radius 1 is 1.17 bits per heavy atom. The zero-order valence-electron chi connectivity index (χ0n) is 9.39. The molecular weight excluding hydrogens is 240 g/mol. The summed E-state index contributed by atoms with van der Waals surface area (Å²) in [4.78, 5) is 10.8. The van der Waals surface area contributed by atoms with E-state index in [2.05, 4.69) is 5.23 Å². The first kappa shape index (κ1) is 14.7. The average Bonchev–Trinajstić information content (AvgIpc) is 2.28. The molecule has 1 aromatic rings. The zero-order valence-corrected chi connectivity index (χ0v) is 9.39. The number of carbonyl (C=O) groups is 1. The summed E-state index contributed by atoms with van der Waals surface area (Å²) in [5.41, 5.74) is 0.903. The minimum Gasteiger partial charge on any atom is -0.480 e. The lowest BCUT2D eigenvalue weighted by molar-refractivity contribution is -0.139. The summed E-state index contributed by atoms with van der Waals surface area (Å²) in [6, 6.07) is 4.84. The molecule has 0 saturated heterocycles. The second-order valence-electron chi connectivity index (χ2n) is 3.75. The van der Waals surface area contributed by atoms with Crippen molar-refractivity contribution in [1.82, 2.24) is 5.23 Å². The summed E-state index contributed by atoms with van der Waals surface area (Å²) >= 11 is 0. The van der Waals surface area contributed by atoms with Crippen molar-refractivity contribution in [1.29, 1.82) is 0 Å². The molecular formula is C9H13B2NO6. The van der Waals surface area contributed by atoms with Crippen LogP contribution in [0, 0.1) is 0 Å². The highest BCUT2D eigenvalue weighted by molar-refractivity contribution is 6.58. The Morgan fingerprint density at radius 2 is 1.72 bits per heavy atom. The van der Waals surface area contributed by atoms with Crippen LogP contribution in [-0.2, 0) is 11.2 Å². The Kier molecular flexibility index (Phi) is 5.32. The molecule has 9 heteroatoms. The van der Waals surface area contributed by atoms with Crippen LogP contribution in [0.2, 0.25) is 0 Å². The molecule has 0 aliphatic rings. The highest BCUT2D eigenvalue weighted by Crippen LogP contribution is 2.03. The van der Waals surface area contributed by atoms with Crippen molar-refractivity contribution in [2.75, 3.05) is 0 Å². The number of benzene rings is 1. The van der Waals surface area contributed by atoms with Crippen LogP contribution in [0.25, 0.3) is 0 Å². The van der Waals surface area contributed by atoms with E-state index in [1.54, 1.807) is 0 Å². The minimum atomic E-state index is -1.91. The fourth-order valence-corrected chi connectivity index (χ4v) is 1.46. The molecule has 0 fully saturated rings. The van der Waals surface area contributed by atoms with Crippen LogP contribution >= 0.6 is 0 Å². The summed E-state index contributed by atoms with van der Waals surface area (Å²) in [6.45, 7) is 0. The van der Waals surface area contributed by atoms with Crippen LogP contribution in [0.15, 0.2) is 24.3 Å². The van der Waals surface area contributed by atoms with Gasteiger partial charge in [-0.3, -0.25) is 10.0 Å². The van der Waals surface area contributed by atoms with Gasteiger partial charge >= 0.3 is 20.3 Å². The summed E-state index contributed by atoms with van der Waals surface area (Å²) in [5.74, 6) is -1.21. The quantitative estimate of drug-likeness (QED) is 0.296. The van der Waals surface area contributed by atoms with Crippen molar-refractivity contribution in [3.63, 3.8) is 0 Å². The average molecular weight is 253 g/mol. The van der Waals surface area contributed by atoms with E-state index in [0.717, 1.165) is 0 Å². The highest BCUT2D eigenvalue weighted by atomic mass is 16.4. The van der Waals surface area contributed by atoms with Gasteiger partial charge in [0.25, 0.3) is 0 Å². The molecule has 7 nitrogen and oxygen atoms in total. The van der Waals surface area contributed by atoms with Gasteiger partial charge in [0.2, 0.25) is 0 Å². The number of hydrogen-bond donors (Lipinski definition) is 6. The first-order valence-corrected chi connectivity index (χ1v) is 5.20. The van der Waals surface area contributed by atoms with E-state index in [1.807, 2.05) is 0 Å². The third kappa shape index (κ3) is 4.47. The first-order valence-electron chi connectivity index (χ1n) is 5.20. The molecule has 0 heterocycles. The molecule has 0 amide bonds. The standard InChI is InChI=1S/C9H13B2NO6/c13-9(14)8(12-11(17)18)5-6-1-3-7(4-2-6)10(15)16/h1-4,8,12,15-18H,5H2,(H,13,14). The van der Waals surface area contributed by atoms with E-state index in [1.165, 1.54) is 24.3 Å². The van der Waals surface area contributed by atoms with Crippen molar-refractivity contribution < 1.29 is 30.0 Å². The second kappa shape index (κ2) is 6.53. The zero-order chi connectivity index (χ0) is 13.7. The van der Waals surface area contributed by atoms with Gasteiger partial charge in [0.05, 0.1) is 0 Å². The molecule has 0 spiro atoms. The maximum Gasteiger partial charge on any atom is 0.549 e. The summed E-state index contributed by atoms with van der Waals surface area (Å²) < 4.78 is 0. The van der Waals surface area contributed by atoms with E-state index in [4.69, 9.17) is 25.2 Å². The predicted octanol–water partition coefficient (Wildman–Crippen LogP) is -3.08. The molecule has 18 heavy (non-hydrogen) atoms. The van der Waals surface area contributed by atoms with Gasteiger partial charge in [-0.1, -0.05) is 24.3 Å². The van der Waals surface area contributed by atoms with Crippen molar-refractivity contribution in [2.24, 2.45) is 0 Å². The summed E-state index contributed by atoms with van der Waals surface area (Å²) in [7, 11) is -3.49. The number of nitrogens with one attached hydrogen (secondary N) is 1. The number of aliphatic carboxylic acids is 1. The van der Waals surface area contributed by atoms with E-state index in [9.17, 15) is 4.79 Å². The Bertz CT molecular complexity index is 397. The Labute approximate surface area is 104 Å². The maximum absolute atomic E-state index is 10.8. The molecule has 1 aromatic carbocycles. The second-order valence-corrected chi connectivity index (χ2v) is 3.75. The number of carboxylic acid groups (broad SMARTS) is 1. The third-order valence-electron chi connectivity index (χ3n) is 2.37. The van der Waals surface area contributed by atoms with Crippen LogP contribution in [0.1, 0.15) is 5.56 Å². The van der Waals surface area contributed by atoms with Crippen LogP contribution < -0.4 is 10.7 Å². The van der Waals surface area contributed by atoms with Crippen LogP contribution in [-0.4, -0.2) is 51.6 Å². The molecule has 96 valence electrons. The fourth-order valence-electron chi connectivity index (χ4n) is 1.46.